The van der Waals surface area contributed by atoms with Crippen molar-refractivity contribution >= 4 is 11.6 Å². The van der Waals surface area contributed by atoms with Crippen molar-refractivity contribution in [2.24, 2.45) is 5.92 Å². The Morgan fingerprint density at radius 3 is 2.21 bits per heavy atom. The molecule has 0 atom stereocenters. The molecule has 1 N–H and O–H groups in total. The number of methoxy groups -OCH3 is 2. The van der Waals surface area contributed by atoms with Gasteiger partial charge in [-0.3, -0.25) is 4.79 Å². The third-order valence-electron chi connectivity index (χ3n) is 2.98. The van der Waals surface area contributed by atoms with Crippen molar-refractivity contribution in [3.8, 4) is 0 Å². The lowest BCUT2D eigenvalue weighted by molar-refractivity contribution is -0.119. The fraction of sp³-hybridized carbons (Fsp3) is 0.267. The van der Waals surface area contributed by atoms with E-state index in [9.17, 15) is 4.79 Å². The van der Waals surface area contributed by atoms with Crippen molar-refractivity contribution in [1.29, 1.82) is 0 Å². The molecule has 0 spiro atoms. The van der Waals surface area contributed by atoms with Crippen molar-refractivity contribution in [3.05, 3.63) is 54.0 Å². The second-order valence-corrected chi connectivity index (χ2v) is 4.15. The van der Waals surface area contributed by atoms with Gasteiger partial charge >= 0.3 is 0 Å². The molecule has 0 unspecified atom stereocenters. The zero-order chi connectivity index (χ0) is 13.7. The number of allylic oxidation sites excluding steroid dienone is 2. The number of nitrogens with one attached hydrogen (secondary N) is 1. The van der Waals surface area contributed by atoms with Crippen molar-refractivity contribution in [2.75, 3.05) is 19.5 Å². The molecule has 19 heavy (non-hydrogen) atoms. The van der Waals surface area contributed by atoms with Gasteiger partial charge in [0.2, 0.25) is 5.91 Å². The molecule has 100 valence electrons. The van der Waals surface area contributed by atoms with Crippen LogP contribution < -0.4 is 5.32 Å². The molecule has 0 saturated heterocycles. The van der Waals surface area contributed by atoms with Crippen LogP contribution in [0, 0.1) is 5.92 Å². The average molecular weight is 259 g/mol. The van der Waals surface area contributed by atoms with Crippen LogP contribution in [0.2, 0.25) is 0 Å². The molecule has 1 aromatic carbocycles. The van der Waals surface area contributed by atoms with Crippen LogP contribution in [0.25, 0.3) is 0 Å². The van der Waals surface area contributed by atoms with Crippen LogP contribution in [-0.2, 0) is 14.3 Å². The lowest BCUT2D eigenvalue weighted by Gasteiger charge is -2.23. The maximum absolute atomic E-state index is 12.4. The van der Waals surface area contributed by atoms with E-state index >= 15 is 0 Å². The number of hydrogen-bond acceptors (Lipinski definition) is 3. The van der Waals surface area contributed by atoms with Crippen molar-refractivity contribution < 1.29 is 14.3 Å². The summed E-state index contributed by atoms with van der Waals surface area (Å²) in [5.41, 5.74) is 0.754. The Morgan fingerprint density at radius 1 is 1.11 bits per heavy atom. The van der Waals surface area contributed by atoms with E-state index in [2.05, 4.69) is 5.32 Å². The maximum Gasteiger partial charge on any atom is 0.242 e. The molecule has 0 heterocycles. The maximum atomic E-state index is 12.4. The standard InChI is InChI=1S/C15H17NO3/c1-18-12-9-6-10-13(19-2)14(12)15(17)16-11-7-4-3-5-8-11/h3-5,7-10,14H,6H2,1-2H3,(H,16,17). The Bertz CT molecular complexity index is 485. The molecule has 0 radical (unpaired) electrons. The zero-order valence-electron chi connectivity index (χ0n) is 11.1. The Hall–Kier alpha value is -2.23. The van der Waals surface area contributed by atoms with Gasteiger partial charge in [0.25, 0.3) is 0 Å². The predicted octanol–water partition coefficient (Wildman–Crippen LogP) is 2.71. The highest BCUT2D eigenvalue weighted by Crippen LogP contribution is 2.28. The van der Waals surface area contributed by atoms with Gasteiger partial charge in [0, 0.05) is 5.69 Å². The van der Waals surface area contributed by atoms with Gasteiger partial charge in [-0.05, 0) is 30.7 Å². The molecule has 0 fully saturated rings. The number of amides is 1. The summed E-state index contributed by atoms with van der Waals surface area (Å²) in [5.74, 6) is 0.552. The van der Waals surface area contributed by atoms with Crippen LogP contribution in [0.3, 0.4) is 0 Å². The molecule has 1 aliphatic carbocycles. The van der Waals surface area contributed by atoms with E-state index in [1.54, 1.807) is 14.2 Å². The van der Waals surface area contributed by atoms with E-state index in [-0.39, 0.29) is 5.91 Å². The minimum absolute atomic E-state index is 0.160. The number of benzene rings is 1. The van der Waals surface area contributed by atoms with Crippen LogP contribution in [0.4, 0.5) is 5.69 Å². The largest absolute Gasteiger partial charge is 0.500 e. The molecule has 0 saturated carbocycles. The van der Waals surface area contributed by atoms with Gasteiger partial charge in [-0.15, -0.1) is 0 Å². The van der Waals surface area contributed by atoms with Gasteiger partial charge in [0.1, 0.15) is 11.5 Å². The summed E-state index contributed by atoms with van der Waals surface area (Å²) in [6, 6.07) is 9.32. The minimum Gasteiger partial charge on any atom is -0.500 e. The monoisotopic (exact) mass is 259 g/mol. The summed E-state index contributed by atoms with van der Waals surface area (Å²) in [6.07, 6.45) is 4.48. The second kappa shape index (κ2) is 6.09. The van der Waals surface area contributed by atoms with Gasteiger partial charge in [-0.25, -0.2) is 0 Å². The summed E-state index contributed by atoms with van der Waals surface area (Å²) in [7, 11) is 3.13. The fourth-order valence-electron chi connectivity index (χ4n) is 2.06. The van der Waals surface area contributed by atoms with E-state index < -0.39 is 5.92 Å². The minimum atomic E-state index is -0.524. The van der Waals surface area contributed by atoms with Crippen LogP contribution in [0.1, 0.15) is 6.42 Å². The molecular formula is C15H17NO3. The zero-order valence-corrected chi connectivity index (χ0v) is 11.1. The first kappa shape index (κ1) is 13.2. The fourth-order valence-corrected chi connectivity index (χ4v) is 2.06. The Balaban J connectivity index is 2.17. The van der Waals surface area contributed by atoms with Gasteiger partial charge in [-0.1, -0.05) is 18.2 Å². The van der Waals surface area contributed by atoms with Gasteiger partial charge in [0.15, 0.2) is 5.92 Å². The average Bonchev–Trinajstić information content (AvgIpc) is 2.47. The van der Waals surface area contributed by atoms with E-state index in [1.807, 2.05) is 42.5 Å². The summed E-state index contributed by atoms with van der Waals surface area (Å²) in [4.78, 5) is 12.4. The number of ether oxygens (including phenoxy) is 2. The summed E-state index contributed by atoms with van der Waals surface area (Å²) < 4.78 is 10.5. The molecule has 1 aliphatic rings. The number of anilines is 1. The molecule has 0 aromatic heterocycles. The quantitative estimate of drug-likeness (QED) is 0.904. The molecule has 4 nitrogen and oxygen atoms in total. The highest BCUT2D eigenvalue weighted by atomic mass is 16.5. The highest BCUT2D eigenvalue weighted by Gasteiger charge is 2.31. The molecule has 1 amide bonds. The number of rotatable bonds is 4. The lowest BCUT2D eigenvalue weighted by Crippen LogP contribution is -2.28. The van der Waals surface area contributed by atoms with Crippen molar-refractivity contribution in [1.82, 2.24) is 0 Å². The van der Waals surface area contributed by atoms with Crippen molar-refractivity contribution in [3.63, 3.8) is 0 Å². The van der Waals surface area contributed by atoms with E-state index in [4.69, 9.17) is 9.47 Å². The van der Waals surface area contributed by atoms with Crippen LogP contribution in [-0.4, -0.2) is 20.1 Å². The van der Waals surface area contributed by atoms with Crippen LogP contribution in [0.15, 0.2) is 54.0 Å². The molecular weight excluding hydrogens is 242 g/mol. The topological polar surface area (TPSA) is 47.6 Å². The smallest absolute Gasteiger partial charge is 0.242 e. The first-order valence-electron chi connectivity index (χ1n) is 6.10. The van der Waals surface area contributed by atoms with Gasteiger partial charge in [-0.2, -0.15) is 0 Å². The second-order valence-electron chi connectivity index (χ2n) is 4.15. The lowest BCUT2D eigenvalue weighted by atomic mass is 9.97. The van der Waals surface area contributed by atoms with Crippen LogP contribution >= 0.6 is 0 Å². The third kappa shape index (κ3) is 2.96. The Labute approximate surface area is 112 Å². The molecule has 1 aromatic rings. The van der Waals surface area contributed by atoms with E-state index in [0.29, 0.717) is 17.9 Å². The van der Waals surface area contributed by atoms with Gasteiger partial charge in [0.05, 0.1) is 14.2 Å². The summed E-state index contributed by atoms with van der Waals surface area (Å²) in [6.45, 7) is 0. The number of hydrogen-bond donors (Lipinski definition) is 1. The number of carbonyl (C=O) groups excluding carboxylic acids is 1. The summed E-state index contributed by atoms with van der Waals surface area (Å²) >= 11 is 0. The van der Waals surface area contributed by atoms with Crippen LogP contribution in [0.5, 0.6) is 0 Å². The number of carbonyl (C=O) groups is 1. The summed E-state index contributed by atoms with van der Waals surface area (Å²) in [5, 5.41) is 2.86. The highest BCUT2D eigenvalue weighted by molar-refractivity contribution is 5.96. The SMILES string of the molecule is COC1=CCC=C(OC)C1C(=O)Nc1ccccc1. The van der Waals surface area contributed by atoms with E-state index in [0.717, 1.165) is 5.69 Å². The molecule has 0 bridgehead atoms. The third-order valence-corrected chi connectivity index (χ3v) is 2.98. The molecule has 2 rings (SSSR count). The normalized spacial score (nSPS) is 15.3. The first-order valence-corrected chi connectivity index (χ1v) is 6.10. The Morgan fingerprint density at radius 2 is 1.68 bits per heavy atom. The molecule has 4 heteroatoms. The first-order chi connectivity index (χ1) is 9.26. The predicted molar refractivity (Wildman–Crippen MR) is 73.4 cm³/mol. The molecule has 0 aliphatic heterocycles. The number of para-hydroxylation sites is 1. The Kier molecular flexibility index (Phi) is 4.23. The van der Waals surface area contributed by atoms with Gasteiger partial charge < -0.3 is 14.8 Å². The van der Waals surface area contributed by atoms with E-state index in [1.165, 1.54) is 0 Å². The van der Waals surface area contributed by atoms with Crippen molar-refractivity contribution in [2.45, 2.75) is 6.42 Å².